The lowest BCUT2D eigenvalue weighted by Gasteiger charge is -1.76. The summed E-state index contributed by atoms with van der Waals surface area (Å²) in [5, 5.41) is 0. The van der Waals surface area contributed by atoms with E-state index in [1.54, 1.807) is 0 Å². The van der Waals surface area contributed by atoms with Crippen molar-refractivity contribution in [2.45, 2.75) is 53.4 Å². The zero-order chi connectivity index (χ0) is 9.66. The molecule has 0 bridgehead atoms. The predicted octanol–water partition coefficient (Wildman–Crippen LogP) is 4.73. The highest BCUT2D eigenvalue weighted by Gasteiger charge is 1.64. The maximum Gasteiger partial charge on any atom is -0.0353 e. The Kier molecular flexibility index (Phi) is 19.7. The van der Waals surface area contributed by atoms with Crippen LogP contribution in [0.1, 0.15) is 53.4 Å². The van der Waals surface area contributed by atoms with Crippen LogP contribution < -0.4 is 0 Å². The maximum atomic E-state index is 2.18. The van der Waals surface area contributed by atoms with Crippen molar-refractivity contribution in [2.75, 3.05) is 0 Å². The van der Waals surface area contributed by atoms with E-state index in [0.717, 1.165) is 0 Å². The van der Waals surface area contributed by atoms with E-state index in [1.807, 2.05) is 0 Å². The fourth-order valence-corrected chi connectivity index (χ4v) is 0.667. The third-order valence-electron chi connectivity index (χ3n) is 1.33. The molecule has 0 unspecified atom stereocenters. The number of hydrogen-bond acceptors (Lipinski definition) is 0. The lowest BCUT2D eigenvalue weighted by atomic mass is 10.3. The minimum atomic E-state index is 1.17. The molecule has 0 aliphatic rings. The molecule has 0 aliphatic heterocycles. The van der Waals surface area contributed by atoms with Crippen molar-refractivity contribution in [3.05, 3.63) is 24.3 Å². The first-order valence-electron chi connectivity index (χ1n) is 5.09. The molecule has 0 amide bonds. The van der Waals surface area contributed by atoms with E-state index in [0.29, 0.717) is 0 Å². The molecule has 0 radical (unpaired) electrons. The number of rotatable bonds is 4. The molecular weight excluding hydrogens is 144 g/mol. The van der Waals surface area contributed by atoms with Gasteiger partial charge in [-0.25, -0.2) is 0 Å². The molecule has 0 atom stereocenters. The van der Waals surface area contributed by atoms with E-state index < -0.39 is 0 Å². The molecule has 0 heterocycles. The van der Waals surface area contributed by atoms with Gasteiger partial charge in [0.1, 0.15) is 0 Å². The van der Waals surface area contributed by atoms with Crippen LogP contribution in [0.5, 0.6) is 0 Å². The average molecular weight is 168 g/mol. The van der Waals surface area contributed by atoms with Gasteiger partial charge in [0.25, 0.3) is 0 Å². The molecule has 0 saturated heterocycles. The van der Waals surface area contributed by atoms with Crippen LogP contribution in [0.2, 0.25) is 0 Å². The van der Waals surface area contributed by atoms with Crippen molar-refractivity contribution in [1.29, 1.82) is 0 Å². The van der Waals surface area contributed by atoms with Crippen LogP contribution in [0, 0.1) is 0 Å². The standard InChI is InChI=1S/2C6H12/c2*1-3-5-6-4-2/h5-6H,3-4H2,1-2H3;3,5H,4,6H2,1-2H3/b6-5+;5-3+. The highest BCUT2D eigenvalue weighted by molar-refractivity contribution is 4.77. The number of hydrogen-bond donors (Lipinski definition) is 0. The summed E-state index contributed by atoms with van der Waals surface area (Å²) in [6.07, 6.45) is 13.5. The fourth-order valence-electron chi connectivity index (χ4n) is 0.667. The largest absolute Gasteiger partial charge is 0.0917 e. The van der Waals surface area contributed by atoms with Crippen LogP contribution in [0.15, 0.2) is 24.3 Å². The Morgan fingerprint density at radius 2 is 1.33 bits per heavy atom. The van der Waals surface area contributed by atoms with Gasteiger partial charge in [0.15, 0.2) is 0 Å². The van der Waals surface area contributed by atoms with Gasteiger partial charge >= 0.3 is 0 Å². The normalized spacial score (nSPS) is 10.3. The molecule has 0 aromatic heterocycles. The summed E-state index contributed by atoms with van der Waals surface area (Å²) < 4.78 is 0. The van der Waals surface area contributed by atoms with Crippen molar-refractivity contribution in [3.63, 3.8) is 0 Å². The van der Waals surface area contributed by atoms with Crippen LogP contribution in [0.25, 0.3) is 0 Å². The second-order valence-electron chi connectivity index (χ2n) is 2.65. The molecule has 0 nitrogen and oxygen atoms in total. The lowest BCUT2D eigenvalue weighted by Crippen LogP contribution is -1.55. The zero-order valence-electron chi connectivity index (χ0n) is 9.14. The van der Waals surface area contributed by atoms with E-state index >= 15 is 0 Å². The summed E-state index contributed by atoms with van der Waals surface area (Å²) in [5.41, 5.74) is 0. The van der Waals surface area contributed by atoms with Gasteiger partial charge in [-0.2, -0.15) is 0 Å². The Bertz CT molecular complexity index is 92.6. The zero-order valence-corrected chi connectivity index (χ0v) is 9.14. The van der Waals surface area contributed by atoms with Gasteiger partial charge < -0.3 is 0 Å². The van der Waals surface area contributed by atoms with Crippen molar-refractivity contribution in [2.24, 2.45) is 0 Å². The maximum absolute atomic E-state index is 2.18. The van der Waals surface area contributed by atoms with Crippen LogP contribution in [-0.4, -0.2) is 0 Å². The summed E-state index contributed by atoms with van der Waals surface area (Å²) >= 11 is 0. The van der Waals surface area contributed by atoms with E-state index in [2.05, 4.69) is 52.0 Å². The summed E-state index contributed by atoms with van der Waals surface area (Å²) in [4.78, 5) is 0. The van der Waals surface area contributed by atoms with Crippen LogP contribution >= 0.6 is 0 Å². The summed E-state index contributed by atoms with van der Waals surface area (Å²) in [6, 6.07) is 0. The minimum Gasteiger partial charge on any atom is -0.0917 e. The quantitative estimate of drug-likeness (QED) is 0.532. The topological polar surface area (TPSA) is 0 Å². The molecule has 0 saturated carbocycles. The first kappa shape index (κ1) is 14.0. The molecule has 0 N–H and O–H groups in total. The third-order valence-corrected chi connectivity index (χ3v) is 1.33. The lowest BCUT2D eigenvalue weighted by molar-refractivity contribution is 0.957. The van der Waals surface area contributed by atoms with Gasteiger partial charge in [-0.1, -0.05) is 51.5 Å². The summed E-state index contributed by atoms with van der Waals surface area (Å²) in [6.45, 7) is 8.52. The molecule has 0 aromatic rings. The summed E-state index contributed by atoms with van der Waals surface area (Å²) in [5.74, 6) is 0. The highest BCUT2D eigenvalue weighted by atomic mass is 13.7. The second-order valence-corrected chi connectivity index (χ2v) is 2.65. The molecule has 12 heavy (non-hydrogen) atoms. The van der Waals surface area contributed by atoms with Gasteiger partial charge in [-0.05, 0) is 26.2 Å². The van der Waals surface area contributed by atoms with Crippen molar-refractivity contribution in [3.8, 4) is 0 Å². The molecular formula is C12H24. The second kappa shape index (κ2) is 16.8. The van der Waals surface area contributed by atoms with E-state index in [9.17, 15) is 0 Å². The molecule has 0 rings (SSSR count). The Hall–Kier alpha value is -0.520. The molecule has 0 spiro atoms. The molecule has 0 heteroatoms. The van der Waals surface area contributed by atoms with Crippen LogP contribution in [0.4, 0.5) is 0 Å². The highest BCUT2D eigenvalue weighted by Crippen LogP contribution is 1.85. The molecule has 0 aromatic carbocycles. The van der Waals surface area contributed by atoms with Gasteiger partial charge in [-0.15, -0.1) is 0 Å². The van der Waals surface area contributed by atoms with Gasteiger partial charge in [0.2, 0.25) is 0 Å². The van der Waals surface area contributed by atoms with E-state index in [4.69, 9.17) is 0 Å². The molecule has 72 valence electrons. The molecule has 0 fully saturated rings. The van der Waals surface area contributed by atoms with Crippen molar-refractivity contribution >= 4 is 0 Å². The first-order valence-corrected chi connectivity index (χ1v) is 5.09. The number of unbranched alkanes of at least 4 members (excludes halogenated alkanes) is 1. The van der Waals surface area contributed by atoms with Gasteiger partial charge in [-0.3, -0.25) is 0 Å². The smallest absolute Gasteiger partial charge is 0.0353 e. The van der Waals surface area contributed by atoms with Crippen LogP contribution in [-0.2, 0) is 0 Å². The summed E-state index contributed by atoms with van der Waals surface area (Å²) in [7, 11) is 0. The van der Waals surface area contributed by atoms with Gasteiger partial charge in [0, 0.05) is 0 Å². The average Bonchev–Trinajstić information content (AvgIpc) is 2.12. The van der Waals surface area contributed by atoms with Crippen molar-refractivity contribution < 1.29 is 0 Å². The SMILES string of the molecule is C/C=C/CCC.CC/C=C/CC. The Morgan fingerprint density at radius 3 is 1.50 bits per heavy atom. The monoisotopic (exact) mass is 168 g/mol. The van der Waals surface area contributed by atoms with Crippen molar-refractivity contribution in [1.82, 2.24) is 0 Å². The number of allylic oxidation sites excluding steroid dienone is 4. The van der Waals surface area contributed by atoms with E-state index in [-0.39, 0.29) is 0 Å². The predicted molar refractivity (Wildman–Crippen MR) is 59.4 cm³/mol. The minimum absolute atomic E-state index is 1.17. The third kappa shape index (κ3) is 22.7. The van der Waals surface area contributed by atoms with E-state index in [1.165, 1.54) is 25.7 Å². The Labute approximate surface area is 78.4 Å². The first-order chi connectivity index (χ1) is 5.83. The Morgan fingerprint density at radius 1 is 0.833 bits per heavy atom. The van der Waals surface area contributed by atoms with Crippen LogP contribution in [0.3, 0.4) is 0 Å². The Balaban J connectivity index is 0. The molecule has 0 aliphatic carbocycles. The van der Waals surface area contributed by atoms with Gasteiger partial charge in [0.05, 0.1) is 0 Å². The fraction of sp³-hybridized carbons (Fsp3) is 0.667.